The van der Waals surface area contributed by atoms with E-state index >= 15 is 0 Å². The van der Waals surface area contributed by atoms with Crippen molar-refractivity contribution in [2.75, 3.05) is 6.61 Å². The molecule has 0 bridgehead atoms. The molecule has 0 spiro atoms. The molecule has 0 saturated carbocycles. The van der Waals surface area contributed by atoms with Crippen LogP contribution in [0.15, 0.2) is 0 Å². The molecule has 1 N–H and O–H groups in total. The van der Waals surface area contributed by atoms with Crippen molar-refractivity contribution in [3.63, 3.8) is 0 Å². The van der Waals surface area contributed by atoms with Crippen LogP contribution < -0.4 is 0 Å². The van der Waals surface area contributed by atoms with Gasteiger partial charge in [-0.25, -0.2) is 4.18 Å². The van der Waals surface area contributed by atoms with Crippen LogP contribution in [0.5, 0.6) is 0 Å². The molecule has 112 valence electrons. The molecule has 0 radical (unpaired) electrons. The van der Waals surface area contributed by atoms with E-state index in [0.29, 0.717) is 6.42 Å². The predicted octanol–water partition coefficient (Wildman–Crippen LogP) is 3.47. The second kappa shape index (κ2) is 15.3. The van der Waals surface area contributed by atoms with Gasteiger partial charge in [0.25, 0.3) is 0 Å². The molecule has 0 aliphatic rings. The summed E-state index contributed by atoms with van der Waals surface area (Å²) < 4.78 is 33.1. The van der Waals surface area contributed by atoms with Crippen LogP contribution in [0.4, 0.5) is 0 Å². The molecular formula is C13H29NaO4S. The molecule has 6 heteroatoms. The predicted molar refractivity (Wildman–Crippen MR) is 81.1 cm³/mol. The van der Waals surface area contributed by atoms with Crippen molar-refractivity contribution in [3.05, 3.63) is 0 Å². The van der Waals surface area contributed by atoms with Gasteiger partial charge in [0, 0.05) is 0 Å². The molecule has 0 aromatic heterocycles. The van der Waals surface area contributed by atoms with E-state index in [4.69, 9.17) is 4.55 Å². The first-order valence-electron chi connectivity index (χ1n) is 7.18. The number of rotatable bonds is 13. The van der Waals surface area contributed by atoms with Crippen molar-refractivity contribution in [2.45, 2.75) is 77.6 Å². The summed E-state index contributed by atoms with van der Waals surface area (Å²) in [4.78, 5) is 0. The zero-order chi connectivity index (χ0) is 13.7. The zero-order valence-corrected chi connectivity index (χ0v) is 12.4. The Morgan fingerprint density at radius 2 is 1.16 bits per heavy atom. The molecule has 0 unspecified atom stereocenters. The Balaban J connectivity index is 0. The summed E-state index contributed by atoms with van der Waals surface area (Å²) in [5.74, 6) is 0. The van der Waals surface area contributed by atoms with Crippen LogP contribution >= 0.6 is 0 Å². The maximum atomic E-state index is 10.2. The van der Waals surface area contributed by atoms with Gasteiger partial charge < -0.3 is 0 Å². The number of unbranched alkanes of at least 4 members (excludes halogenated alkanes) is 10. The van der Waals surface area contributed by atoms with E-state index in [9.17, 15) is 8.42 Å². The van der Waals surface area contributed by atoms with E-state index in [1.807, 2.05) is 0 Å². The molecule has 0 rings (SSSR count). The van der Waals surface area contributed by atoms with Crippen LogP contribution in [-0.2, 0) is 14.6 Å². The van der Waals surface area contributed by atoms with Gasteiger partial charge in [-0.15, -0.1) is 0 Å². The van der Waals surface area contributed by atoms with Crippen LogP contribution in [0.2, 0.25) is 0 Å². The summed E-state index contributed by atoms with van der Waals surface area (Å²) in [6.45, 7) is 2.32. The van der Waals surface area contributed by atoms with Crippen LogP contribution in [0, 0.1) is 0 Å². The number of hydrogen-bond acceptors (Lipinski definition) is 3. The molecule has 4 nitrogen and oxygen atoms in total. The first-order chi connectivity index (χ1) is 8.56. The van der Waals surface area contributed by atoms with Crippen molar-refractivity contribution in [1.82, 2.24) is 0 Å². The second-order valence-electron chi connectivity index (χ2n) is 4.79. The zero-order valence-electron chi connectivity index (χ0n) is 11.6. The first-order valence-corrected chi connectivity index (χ1v) is 8.54. The molecule has 0 amide bonds. The topological polar surface area (TPSA) is 63.6 Å². The Morgan fingerprint density at radius 3 is 1.53 bits per heavy atom. The van der Waals surface area contributed by atoms with E-state index in [-0.39, 0.29) is 36.2 Å². The molecule has 0 heterocycles. The summed E-state index contributed by atoms with van der Waals surface area (Å²) in [6, 6.07) is 0. The molecule has 0 aromatic carbocycles. The van der Waals surface area contributed by atoms with Crippen LogP contribution in [0.1, 0.15) is 77.6 Å². The Labute approximate surface area is 140 Å². The van der Waals surface area contributed by atoms with Crippen molar-refractivity contribution in [2.24, 2.45) is 0 Å². The monoisotopic (exact) mass is 304 g/mol. The third kappa shape index (κ3) is 21.3. The van der Waals surface area contributed by atoms with Gasteiger partial charge in [-0.3, -0.25) is 4.55 Å². The SMILES string of the molecule is CCCCCCCCCCCCCOS(=O)(=O)O.[NaH]. The molecule has 19 heavy (non-hydrogen) atoms. The second-order valence-corrected chi connectivity index (χ2v) is 5.88. The van der Waals surface area contributed by atoms with Crippen LogP contribution in [0.25, 0.3) is 0 Å². The van der Waals surface area contributed by atoms with Crippen molar-refractivity contribution < 1.29 is 17.2 Å². The fourth-order valence-corrected chi connectivity index (χ4v) is 2.26. The molecule has 0 aliphatic carbocycles. The van der Waals surface area contributed by atoms with E-state index < -0.39 is 10.4 Å². The van der Waals surface area contributed by atoms with Crippen molar-refractivity contribution >= 4 is 40.0 Å². The standard InChI is InChI=1S/C13H28O4S.Na.H/c1-2-3-4-5-6-7-8-9-10-11-12-13-17-18(14,15)16;;/h2-13H2,1H3,(H,14,15,16);;. The third-order valence-electron chi connectivity index (χ3n) is 2.98. The fraction of sp³-hybridized carbons (Fsp3) is 1.00. The van der Waals surface area contributed by atoms with Crippen LogP contribution in [0.3, 0.4) is 0 Å². The van der Waals surface area contributed by atoms with Gasteiger partial charge in [0.2, 0.25) is 0 Å². The molecule has 0 fully saturated rings. The van der Waals surface area contributed by atoms with Gasteiger partial charge in [-0.1, -0.05) is 71.1 Å². The van der Waals surface area contributed by atoms with E-state index in [1.165, 1.54) is 51.4 Å². The van der Waals surface area contributed by atoms with Gasteiger partial charge in [-0.2, -0.15) is 8.42 Å². The average Bonchev–Trinajstić information content (AvgIpc) is 2.29. The molecular weight excluding hydrogens is 275 g/mol. The molecule has 0 atom stereocenters. The van der Waals surface area contributed by atoms with E-state index in [1.54, 1.807) is 0 Å². The van der Waals surface area contributed by atoms with E-state index in [0.717, 1.165) is 12.8 Å². The molecule has 0 saturated heterocycles. The van der Waals surface area contributed by atoms with E-state index in [2.05, 4.69) is 11.1 Å². The Hall–Kier alpha value is 0.870. The quantitative estimate of drug-likeness (QED) is 0.321. The summed E-state index contributed by atoms with van der Waals surface area (Å²) >= 11 is 0. The van der Waals surface area contributed by atoms with Crippen molar-refractivity contribution in [3.8, 4) is 0 Å². The van der Waals surface area contributed by atoms with Crippen LogP contribution in [-0.4, -0.2) is 49.1 Å². The Bertz CT molecular complexity index is 268. The first kappa shape index (κ1) is 22.2. The van der Waals surface area contributed by atoms with Gasteiger partial charge in [0.15, 0.2) is 0 Å². The average molecular weight is 304 g/mol. The van der Waals surface area contributed by atoms with Gasteiger partial charge in [0.1, 0.15) is 0 Å². The summed E-state index contributed by atoms with van der Waals surface area (Å²) in [6.07, 6.45) is 13.3. The van der Waals surface area contributed by atoms with Crippen molar-refractivity contribution in [1.29, 1.82) is 0 Å². The van der Waals surface area contributed by atoms with Gasteiger partial charge >= 0.3 is 40.0 Å². The third-order valence-corrected chi connectivity index (χ3v) is 3.44. The molecule has 0 aromatic rings. The van der Waals surface area contributed by atoms with Gasteiger partial charge in [-0.05, 0) is 6.42 Å². The van der Waals surface area contributed by atoms with Gasteiger partial charge in [0.05, 0.1) is 6.61 Å². The normalized spacial score (nSPS) is 11.3. The minimum absolute atomic E-state index is 0. The fourth-order valence-electron chi connectivity index (χ4n) is 1.93. The summed E-state index contributed by atoms with van der Waals surface area (Å²) in [5, 5.41) is 0. The summed E-state index contributed by atoms with van der Waals surface area (Å²) in [7, 11) is -4.24. The number of hydrogen-bond donors (Lipinski definition) is 1. The Kier molecular flexibility index (Phi) is 17.8. The molecule has 0 aliphatic heterocycles. The Morgan fingerprint density at radius 1 is 0.789 bits per heavy atom. The minimum atomic E-state index is -4.24. The maximum absolute atomic E-state index is 10.2. The summed E-state index contributed by atoms with van der Waals surface area (Å²) in [5.41, 5.74) is 0.